The summed E-state index contributed by atoms with van der Waals surface area (Å²) in [6, 6.07) is 7.44. The number of nitrogens with two attached hydrogens (primary N) is 1. The number of likely N-dealkylation sites (N-methyl/N-ethyl adjacent to an activating group) is 1. The summed E-state index contributed by atoms with van der Waals surface area (Å²) in [5.41, 5.74) is 7.22. The Kier molecular flexibility index (Phi) is 5.66. The minimum Gasteiger partial charge on any atom is -0.383 e. The van der Waals surface area contributed by atoms with Crippen LogP contribution in [0.4, 0.5) is 0 Å². The van der Waals surface area contributed by atoms with Gasteiger partial charge in [0, 0.05) is 32.3 Å². The molecule has 1 aromatic carbocycles. The van der Waals surface area contributed by atoms with E-state index < -0.39 is 0 Å². The van der Waals surface area contributed by atoms with Gasteiger partial charge in [-0.1, -0.05) is 12.1 Å². The van der Waals surface area contributed by atoms with E-state index in [1.165, 1.54) is 0 Å². The molecule has 0 spiro atoms. The Morgan fingerprint density at radius 1 is 1.47 bits per heavy atom. The average molecular weight is 236 g/mol. The van der Waals surface area contributed by atoms with E-state index >= 15 is 0 Å². The maximum atomic E-state index is 12.2. The average Bonchev–Trinajstić information content (AvgIpc) is 2.39. The van der Waals surface area contributed by atoms with Gasteiger partial charge in [0.05, 0.1) is 6.61 Å². The van der Waals surface area contributed by atoms with Crippen LogP contribution in [0.15, 0.2) is 24.3 Å². The lowest BCUT2D eigenvalue weighted by Gasteiger charge is -2.20. The Labute approximate surface area is 102 Å². The molecule has 0 radical (unpaired) electrons. The van der Waals surface area contributed by atoms with E-state index in [-0.39, 0.29) is 5.91 Å². The van der Waals surface area contributed by atoms with Crippen molar-refractivity contribution in [1.82, 2.24) is 4.90 Å². The molecule has 0 aliphatic carbocycles. The van der Waals surface area contributed by atoms with E-state index in [0.29, 0.717) is 31.8 Å². The number of hydrogen-bond acceptors (Lipinski definition) is 3. The molecule has 0 aromatic heterocycles. The number of benzene rings is 1. The van der Waals surface area contributed by atoms with Crippen LogP contribution in [0, 0.1) is 0 Å². The van der Waals surface area contributed by atoms with Crippen LogP contribution in [0.25, 0.3) is 0 Å². The normalized spacial score (nSPS) is 10.3. The van der Waals surface area contributed by atoms with Crippen LogP contribution in [-0.4, -0.2) is 37.6 Å². The maximum Gasteiger partial charge on any atom is 0.253 e. The Morgan fingerprint density at radius 2 is 2.24 bits per heavy atom. The van der Waals surface area contributed by atoms with Gasteiger partial charge in [-0.2, -0.15) is 0 Å². The molecular formula is C13H20N2O2. The Balaban J connectivity index is 2.78. The van der Waals surface area contributed by atoms with Crippen molar-refractivity contribution in [2.75, 3.05) is 26.8 Å². The maximum absolute atomic E-state index is 12.2. The number of amides is 1. The highest BCUT2D eigenvalue weighted by Crippen LogP contribution is 2.08. The molecule has 0 fully saturated rings. The zero-order chi connectivity index (χ0) is 12.7. The summed E-state index contributed by atoms with van der Waals surface area (Å²) in [5, 5.41) is 0. The molecule has 4 nitrogen and oxygen atoms in total. The molecule has 4 heteroatoms. The number of rotatable bonds is 6. The van der Waals surface area contributed by atoms with E-state index in [2.05, 4.69) is 0 Å². The summed E-state index contributed by atoms with van der Waals surface area (Å²) < 4.78 is 4.99. The van der Waals surface area contributed by atoms with E-state index in [1.54, 1.807) is 12.0 Å². The monoisotopic (exact) mass is 236 g/mol. The summed E-state index contributed by atoms with van der Waals surface area (Å²) >= 11 is 0. The second kappa shape index (κ2) is 7.04. The Morgan fingerprint density at radius 3 is 2.82 bits per heavy atom. The fraction of sp³-hybridized carbons (Fsp3) is 0.462. The smallest absolute Gasteiger partial charge is 0.253 e. The molecule has 0 bridgehead atoms. The predicted octanol–water partition coefficient (Wildman–Crippen LogP) is 1.25. The van der Waals surface area contributed by atoms with Crippen LogP contribution in [0.5, 0.6) is 0 Å². The van der Waals surface area contributed by atoms with Gasteiger partial charge >= 0.3 is 0 Å². The molecule has 2 N–H and O–H groups in total. The van der Waals surface area contributed by atoms with Crippen molar-refractivity contribution in [2.45, 2.75) is 13.5 Å². The van der Waals surface area contributed by atoms with Crippen molar-refractivity contribution < 1.29 is 9.53 Å². The molecule has 0 heterocycles. The molecule has 1 rings (SSSR count). The topological polar surface area (TPSA) is 55.6 Å². The molecule has 0 aliphatic rings. The van der Waals surface area contributed by atoms with Crippen molar-refractivity contribution in [3.63, 3.8) is 0 Å². The van der Waals surface area contributed by atoms with E-state index in [9.17, 15) is 4.79 Å². The van der Waals surface area contributed by atoms with Crippen LogP contribution < -0.4 is 5.73 Å². The molecule has 0 saturated carbocycles. The van der Waals surface area contributed by atoms with E-state index in [1.807, 2.05) is 31.2 Å². The molecule has 0 saturated heterocycles. The highest BCUT2D eigenvalue weighted by Gasteiger charge is 2.13. The molecule has 94 valence electrons. The van der Waals surface area contributed by atoms with Gasteiger partial charge in [-0.15, -0.1) is 0 Å². The molecular weight excluding hydrogens is 216 g/mol. The lowest BCUT2D eigenvalue weighted by Crippen LogP contribution is -2.33. The van der Waals surface area contributed by atoms with Crippen LogP contribution in [0.2, 0.25) is 0 Å². The van der Waals surface area contributed by atoms with E-state index in [4.69, 9.17) is 10.5 Å². The van der Waals surface area contributed by atoms with Gasteiger partial charge in [-0.25, -0.2) is 0 Å². The number of hydrogen-bond donors (Lipinski definition) is 1. The second-order valence-corrected chi connectivity index (χ2v) is 3.78. The largest absolute Gasteiger partial charge is 0.383 e. The summed E-state index contributed by atoms with van der Waals surface area (Å²) in [6.45, 7) is 4.25. The van der Waals surface area contributed by atoms with Crippen molar-refractivity contribution in [2.24, 2.45) is 5.73 Å². The summed E-state index contributed by atoms with van der Waals surface area (Å²) in [7, 11) is 1.63. The molecule has 0 atom stereocenters. The van der Waals surface area contributed by atoms with Gasteiger partial charge in [0.1, 0.15) is 0 Å². The summed E-state index contributed by atoms with van der Waals surface area (Å²) in [4.78, 5) is 13.9. The lowest BCUT2D eigenvalue weighted by molar-refractivity contribution is 0.0706. The second-order valence-electron chi connectivity index (χ2n) is 3.78. The van der Waals surface area contributed by atoms with Gasteiger partial charge in [0.25, 0.3) is 5.91 Å². The first kappa shape index (κ1) is 13.7. The highest BCUT2D eigenvalue weighted by atomic mass is 16.5. The molecule has 0 unspecified atom stereocenters. The minimum absolute atomic E-state index is 0.0276. The number of methoxy groups -OCH3 is 1. The van der Waals surface area contributed by atoms with Crippen LogP contribution >= 0.6 is 0 Å². The third kappa shape index (κ3) is 3.84. The van der Waals surface area contributed by atoms with Crippen molar-refractivity contribution in [3.8, 4) is 0 Å². The Bertz CT molecular complexity index is 366. The first-order valence-corrected chi connectivity index (χ1v) is 5.80. The van der Waals surface area contributed by atoms with Crippen molar-refractivity contribution in [1.29, 1.82) is 0 Å². The quantitative estimate of drug-likeness (QED) is 0.809. The zero-order valence-corrected chi connectivity index (χ0v) is 10.5. The molecule has 0 aliphatic heterocycles. The third-order valence-corrected chi connectivity index (χ3v) is 2.64. The van der Waals surface area contributed by atoms with E-state index in [0.717, 1.165) is 5.56 Å². The van der Waals surface area contributed by atoms with Crippen LogP contribution in [0.3, 0.4) is 0 Å². The predicted molar refractivity (Wildman–Crippen MR) is 67.8 cm³/mol. The van der Waals surface area contributed by atoms with Gasteiger partial charge in [-0.05, 0) is 24.6 Å². The molecule has 1 amide bonds. The van der Waals surface area contributed by atoms with Gasteiger partial charge in [0.2, 0.25) is 0 Å². The fourth-order valence-corrected chi connectivity index (χ4v) is 1.62. The summed E-state index contributed by atoms with van der Waals surface area (Å²) in [5.74, 6) is 0.0276. The molecule has 1 aromatic rings. The Hall–Kier alpha value is -1.39. The van der Waals surface area contributed by atoms with Crippen molar-refractivity contribution in [3.05, 3.63) is 35.4 Å². The SMILES string of the molecule is CCN(CCOC)C(=O)c1cccc(CN)c1. The van der Waals surface area contributed by atoms with Crippen molar-refractivity contribution >= 4 is 5.91 Å². The first-order chi connectivity index (χ1) is 8.22. The standard InChI is InChI=1S/C13H20N2O2/c1-3-15(7-8-17-2)13(16)12-6-4-5-11(9-12)10-14/h4-6,9H,3,7-8,10,14H2,1-2H3. The third-order valence-electron chi connectivity index (χ3n) is 2.64. The van der Waals surface area contributed by atoms with Gasteiger partial charge in [-0.3, -0.25) is 4.79 Å². The lowest BCUT2D eigenvalue weighted by atomic mass is 10.1. The highest BCUT2D eigenvalue weighted by molar-refractivity contribution is 5.94. The molecule has 17 heavy (non-hydrogen) atoms. The van der Waals surface area contributed by atoms with Crippen LogP contribution in [0.1, 0.15) is 22.8 Å². The summed E-state index contributed by atoms with van der Waals surface area (Å²) in [6.07, 6.45) is 0. The van der Waals surface area contributed by atoms with Gasteiger partial charge in [0.15, 0.2) is 0 Å². The minimum atomic E-state index is 0.0276. The van der Waals surface area contributed by atoms with Gasteiger partial charge < -0.3 is 15.4 Å². The fourth-order valence-electron chi connectivity index (χ4n) is 1.62. The number of nitrogens with zero attached hydrogens (tertiary/aromatic N) is 1. The number of carbonyl (C=O) groups is 1. The first-order valence-electron chi connectivity index (χ1n) is 5.80. The number of ether oxygens (including phenoxy) is 1. The van der Waals surface area contributed by atoms with Crippen LogP contribution in [-0.2, 0) is 11.3 Å². The number of carbonyl (C=O) groups excluding carboxylic acids is 1. The zero-order valence-electron chi connectivity index (χ0n) is 10.5.